The van der Waals surface area contributed by atoms with Gasteiger partial charge in [0.2, 0.25) is 0 Å². The molecule has 1 heteroatoms. The summed E-state index contributed by atoms with van der Waals surface area (Å²) in [6.07, 6.45) is 12.6. The minimum Gasteiger partial charge on any atom is -0.355 e. The Morgan fingerprint density at radius 1 is 1.00 bits per heavy atom. The largest absolute Gasteiger partial charge is 0.355 e. The number of aromatic amines is 1. The van der Waals surface area contributed by atoms with Crippen molar-refractivity contribution in [1.29, 1.82) is 0 Å². The molecule has 0 aliphatic heterocycles. The molecule has 3 aliphatic rings. The molecule has 6 rings (SSSR count). The number of aromatic nitrogens is 1. The van der Waals surface area contributed by atoms with Crippen LogP contribution in [0, 0.1) is 5.92 Å². The number of fused-ring (bicyclic) bond motifs is 7. The Morgan fingerprint density at radius 2 is 1.88 bits per heavy atom. The summed E-state index contributed by atoms with van der Waals surface area (Å²) in [5.74, 6) is 0.525. The van der Waals surface area contributed by atoms with Gasteiger partial charge in [0, 0.05) is 33.1 Å². The molecule has 26 heavy (non-hydrogen) atoms. The molecule has 1 atom stereocenters. The number of rotatable bonds is 0. The summed E-state index contributed by atoms with van der Waals surface area (Å²) in [4.78, 5) is 3.62. The smallest absolute Gasteiger partial charge is 0.0468 e. The van der Waals surface area contributed by atoms with E-state index in [1.165, 1.54) is 44.1 Å². The van der Waals surface area contributed by atoms with Crippen LogP contribution in [0.1, 0.15) is 31.4 Å². The molecular formula is C25H21N. The lowest BCUT2D eigenvalue weighted by atomic mass is 9.70. The number of allylic oxidation sites excluding steroid dienone is 8. The third-order valence-electron chi connectivity index (χ3n) is 6.56. The predicted molar refractivity (Wildman–Crippen MR) is 110 cm³/mol. The normalized spacial score (nSPS) is 22.5. The third kappa shape index (κ3) is 1.66. The Balaban J connectivity index is 1.67. The number of para-hydroxylation sites is 1. The van der Waals surface area contributed by atoms with Gasteiger partial charge in [-0.1, -0.05) is 62.4 Å². The maximum atomic E-state index is 3.62. The van der Waals surface area contributed by atoms with Gasteiger partial charge in [0.1, 0.15) is 0 Å². The number of benzene rings is 2. The summed E-state index contributed by atoms with van der Waals surface area (Å²) < 4.78 is 0. The first-order chi connectivity index (χ1) is 12.6. The van der Waals surface area contributed by atoms with E-state index < -0.39 is 0 Å². The van der Waals surface area contributed by atoms with E-state index in [0.29, 0.717) is 5.92 Å². The van der Waals surface area contributed by atoms with Crippen molar-refractivity contribution in [2.75, 3.05) is 0 Å². The first-order valence-electron chi connectivity index (χ1n) is 9.49. The highest BCUT2D eigenvalue weighted by molar-refractivity contribution is 6.09. The minimum atomic E-state index is 0.0653. The Labute approximate surface area is 153 Å². The van der Waals surface area contributed by atoms with E-state index in [9.17, 15) is 0 Å². The molecule has 1 nitrogen and oxygen atoms in total. The average molecular weight is 335 g/mol. The van der Waals surface area contributed by atoms with Gasteiger partial charge in [-0.2, -0.15) is 0 Å². The Kier molecular flexibility index (Phi) is 2.59. The zero-order valence-corrected chi connectivity index (χ0v) is 15.1. The van der Waals surface area contributed by atoms with Gasteiger partial charge in [-0.3, -0.25) is 0 Å². The zero-order chi connectivity index (χ0) is 17.5. The highest BCUT2D eigenvalue weighted by Crippen LogP contribution is 2.55. The highest BCUT2D eigenvalue weighted by Gasteiger charge is 2.42. The molecule has 0 fully saturated rings. The van der Waals surface area contributed by atoms with Crippen LogP contribution in [0.3, 0.4) is 0 Å². The van der Waals surface area contributed by atoms with Crippen molar-refractivity contribution < 1.29 is 0 Å². The third-order valence-corrected chi connectivity index (χ3v) is 6.56. The fourth-order valence-electron chi connectivity index (χ4n) is 5.35. The lowest BCUT2D eigenvalue weighted by molar-refractivity contribution is 0.548. The first-order valence-corrected chi connectivity index (χ1v) is 9.49. The SMILES string of the molecule is CC1(C)C2=C(C=CC3=CC=CCC32)c2cc3c(cc21)[nH]c1ccccc13. The summed E-state index contributed by atoms with van der Waals surface area (Å²) in [7, 11) is 0. The minimum absolute atomic E-state index is 0.0653. The molecule has 1 unspecified atom stereocenters. The lowest BCUT2D eigenvalue weighted by Crippen LogP contribution is -2.25. The molecule has 0 amide bonds. The van der Waals surface area contributed by atoms with Crippen LogP contribution in [0.4, 0.5) is 0 Å². The van der Waals surface area contributed by atoms with E-state index in [1.54, 1.807) is 5.57 Å². The molecule has 2 aromatic carbocycles. The predicted octanol–water partition coefficient (Wildman–Crippen LogP) is 6.44. The number of hydrogen-bond donors (Lipinski definition) is 1. The Morgan fingerprint density at radius 3 is 2.81 bits per heavy atom. The maximum Gasteiger partial charge on any atom is 0.0468 e. The molecule has 1 N–H and O–H groups in total. The molecule has 3 aromatic rings. The van der Waals surface area contributed by atoms with Crippen LogP contribution >= 0.6 is 0 Å². The van der Waals surface area contributed by atoms with Crippen molar-refractivity contribution in [3.63, 3.8) is 0 Å². The second-order valence-corrected chi connectivity index (χ2v) is 8.28. The first kappa shape index (κ1) is 14.4. The summed E-state index contributed by atoms with van der Waals surface area (Å²) >= 11 is 0. The van der Waals surface area contributed by atoms with Crippen molar-refractivity contribution in [2.24, 2.45) is 5.92 Å². The molecule has 0 saturated carbocycles. The molecule has 0 spiro atoms. The average Bonchev–Trinajstić information content (AvgIpc) is 3.13. The second kappa shape index (κ2) is 4.67. The van der Waals surface area contributed by atoms with Gasteiger partial charge in [0.15, 0.2) is 0 Å². The van der Waals surface area contributed by atoms with Crippen LogP contribution in [-0.2, 0) is 5.41 Å². The molecular weight excluding hydrogens is 314 g/mol. The molecule has 0 radical (unpaired) electrons. The molecule has 1 heterocycles. The monoisotopic (exact) mass is 335 g/mol. The highest BCUT2D eigenvalue weighted by atomic mass is 14.7. The van der Waals surface area contributed by atoms with Crippen LogP contribution in [-0.4, -0.2) is 4.98 Å². The topological polar surface area (TPSA) is 15.8 Å². The van der Waals surface area contributed by atoms with Crippen LogP contribution in [0.5, 0.6) is 0 Å². The van der Waals surface area contributed by atoms with E-state index in [4.69, 9.17) is 0 Å². The van der Waals surface area contributed by atoms with Gasteiger partial charge in [-0.05, 0) is 52.5 Å². The molecule has 1 aromatic heterocycles. The van der Waals surface area contributed by atoms with Gasteiger partial charge in [-0.15, -0.1) is 0 Å². The van der Waals surface area contributed by atoms with Crippen LogP contribution in [0.2, 0.25) is 0 Å². The lowest BCUT2D eigenvalue weighted by Gasteiger charge is -2.34. The van der Waals surface area contributed by atoms with Crippen molar-refractivity contribution in [2.45, 2.75) is 25.7 Å². The summed E-state index contributed by atoms with van der Waals surface area (Å²) in [5.41, 5.74) is 9.94. The van der Waals surface area contributed by atoms with Crippen molar-refractivity contribution >= 4 is 27.4 Å². The quantitative estimate of drug-likeness (QED) is 0.486. The van der Waals surface area contributed by atoms with Crippen molar-refractivity contribution in [3.05, 3.63) is 89.1 Å². The van der Waals surface area contributed by atoms with Gasteiger partial charge in [0.05, 0.1) is 0 Å². The Bertz CT molecular complexity index is 1220. The maximum absolute atomic E-state index is 3.62. The van der Waals surface area contributed by atoms with Crippen LogP contribution < -0.4 is 0 Å². The summed E-state index contributed by atoms with van der Waals surface area (Å²) in [5, 5.41) is 2.65. The van der Waals surface area contributed by atoms with Crippen LogP contribution in [0.25, 0.3) is 27.4 Å². The zero-order valence-electron chi connectivity index (χ0n) is 15.1. The van der Waals surface area contributed by atoms with E-state index >= 15 is 0 Å². The van der Waals surface area contributed by atoms with Gasteiger partial charge in [0.25, 0.3) is 0 Å². The molecule has 0 bridgehead atoms. The van der Waals surface area contributed by atoms with Crippen molar-refractivity contribution in [3.8, 4) is 0 Å². The van der Waals surface area contributed by atoms with E-state index in [1.807, 2.05) is 0 Å². The number of H-pyrrole nitrogens is 1. The molecule has 126 valence electrons. The van der Waals surface area contributed by atoms with Gasteiger partial charge in [-0.25, -0.2) is 0 Å². The number of hydrogen-bond acceptors (Lipinski definition) is 0. The summed E-state index contributed by atoms with van der Waals surface area (Å²) in [6.45, 7) is 4.80. The Hall–Kier alpha value is -2.80. The molecule has 0 saturated heterocycles. The number of nitrogens with one attached hydrogen (secondary N) is 1. The second-order valence-electron chi connectivity index (χ2n) is 8.28. The van der Waals surface area contributed by atoms with Crippen LogP contribution in [0.15, 0.2) is 77.9 Å². The van der Waals surface area contributed by atoms with Gasteiger partial charge < -0.3 is 4.98 Å². The van der Waals surface area contributed by atoms with E-state index in [2.05, 4.69) is 85.6 Å². The summed E-state index contributed by atoms with van der Waals surface area (Å²) in [6, 6.07) is 13.4. The van der Waals surface area contributed by atoms with E-state index in [0.717, 1.165) is 6.42 Å². The van der Waals surface area contributed by atoms with Gasteiger partial charge >= 0.3 is 0 Å². The van der Waals surface area contributed by atoms with E-state index in [-0.39, 0.29) is 5.41 Å². The van der Waals surface area contributed by atoms with Crippen molar-refractivity contribution in [1.82, 2.24) is 4.98 Å². The standard InChI is InChI=1S/C25H21N/c1-25(2)21-14-23-20(17-9-5-6-10-22(17)26-23)13-19(21)18-12-11-15-7-3-4-8-16(15)24(18)25/h3-7,9-14,16,26H,8H2,1-2H3. The molecule has 3 aliphatic carbocycles. The fourth-order valence-corrected chi connectivity index (χ4v) is 5.35. The fraction of sp³-hybridized carbons (Fsp3) is 0.200.